The average Bonchev–Trinajstić information content (AvgIpc) is 2.40. The molecule has 2 fully saturated rings. The van der Waals surface area contributed by atoms with E-state index in [4.69, 9.17) is 0 Å². The lowest BCUT2D eigenvalue weighted by molar-refractivity contribution is -0.135. The second-order valence-electron chi connectivity index (χ2n) is 6.32. The zero-order chi connectivity index (χ0) is 13.0. The van der Waals surface area contributed by atoms with Crippen molar-refractivity contribution in [1.29, 1.82) is 0 Å². The molecule has 0 radical (unpaired) electrons. The van der Waals surface area contributed by atoms with Gasteiger partial charge in [-0.05, 0) is 51.0 Å². The van der Waals surface area contributed by atoms with Gasteiger partial charge in [-0.1, -0.05) is 13.3 Å². The van der Waals surface area contributed by atoms with Crippen LogP contribution in [0.4, 0.5) is 0 Å². The lowest BCUT2D eigenvalue weighted by Gasteiger charge is -2.32. The Balaban J connectivity index is 1.77. The van der Waals surface area contributed by atoms with Crippen LogP contribution in [0.15, 0.2) is 0 Å². The number of nitrogens with one attached hydrogen (secondary N) is 1. The fraction of sp³-hybridized carbons (Fsp3) is 0.933. The van der Waals surface area contributed by atoms with Crippen LogP contribution in [0.25, 0.3) is 0 Å². The molecule has 18 heavy (non-hydrogen) atoms. The van der Waals surface area contributed by atoms with E-state index in [1.165, 1.54) is 32.1 Å². The first kappa shape index (κ1) is 13.9. The van der Waals surface area contributed by atoms with Crippen LogP contribution < -0.4 is 5.32 Å². The van der Waals surface area contributed by atoms with Crippen LogP contribution in [-0.2, 0) is 4.79 Å². The van der Waals surface area contributed by atoms with Crippen LogP contribution in [0.3, 0.4) is 0 Å². The van der Waals surface area contributed by atoms with Crippen molar-refractivity contribution in [1.82, 2.24) is 10.2 Å². The topological polar surface area (TPSA) is 32.3 Å². The van der Waals surface area contributed by atoms with Gasteiger partial charge in [-0.25, -0.2) is 0 Å². The summed E-state index contributed by atoms with van der Waals surface area (Å²) in [5, 5.41) is 3.52. The van der Waals surface area contributed by atoms with Crippen LogP contribution in [0, 0.1) is 11.8 Å². The van der Waals surface area contributed by atoms with E-state index in [9.17, 15) is 4.79 Å². The molecule has 1 aliphatic carbocycles. The highest BCUT2D eigenvalue weighted by Crippen LogP contribution is 2.29. The normalized spacial score (nSPS) is 33.1. The SMILES string of the molecule is CC1CCC(C(=O)N(C)CC2CCCCN2)CC1. The summed E-state index contributed by atoms with van der Waals surface area (Å²) in [4.78, 5) is 14.4. The van der Waals surface area contributed by atoms with Gasteiger partial charge in [-0.2, -0.15) is 0 Å². The molecule has 0 aromatic heterocycles. The first-order chi connectivity index (χ1) is 8.66. The Morgan fingerprint density at radius 3 is 2.50 bits per heavy atom. The Hall–Kier alpha value is -0.570. The predicted molar refractivity (Wildman–Crippen MR) is 74.4 cm³/mol. The highest BCUT2D eigenvalue weighted by Gasteiger charge is 2.27. The van der Waals surface area contributed by atoms with E-state index >= 15 is 0 Å². The van der Waals surface area contributed by atoms with Gasteiger partial charge < -0.3 is 10.2 Å². The first-order valence-electron chi connectivity index (χ1n) is 7.65. The predicted octanol–water partition coefficient (Wildman–Crippen LogP) is 2.41. The smallest absolute Gasteiger partial charge is 0.225 e. The number of hydrogen-bond donors (Lipinski definition) is 1. The molecule has 1 saturated carbocycles. The molecule has 3 nitrogen and oxygen atoms in total. The molecular formula is C15H28N2O. The third kappa shape index (κ3) is 3.71. The van der Waals surface area contributed by atoms with E-state index in [0.717, 1.165) is 31.8 Å². The third-order valence-corrected chi connectivity index (χ3v) is 4.65. The molecule has 2 rings (SSSR count). The summed E-state index contributed by atoms with van der Waals surface area (Å²) in [7, 11) is 1.98. The zero-order valence-corrected chi connectivity index (χ0v) is 12.0. The molecule has 0 spiro atoms. The first-order valence-corrected chi connectivity index (χ1v) is 7.65. The molecule has 0 aromatic carbocycles. The maximum absolute atomic E-state index is 12.4. The van der Waals surface area contributed by atoms with E-state index in [1.807, 2.05) is 11.9 Å². The van der Waals surface area contributed by atoms with E-state index in [-0.39, 0.29) is 0 Å². The quantitative estimate of drug-likeness (QED) is 0.836. The van der Waals surface area contributed by atoms with Gasteiger partial charge in [0.2, 0.25) is 5.91 Å². The molecule has 2 aliphatic rings. The Morgan fingerprint density at radius 2 is 1.89 bits per heavy atom. The fourth-order valence-corrected chi connectivity index (χ4v) is 3.32. The molecule has 1 heterocycles. The molecule has 1 amide bonds. The molecule has 1 aliphatic heterocycles. The maximum Gasteiger partial charge on any atom is 0.225 e. The van der Waals surface area contributed by atoms with Crippen LogP contribution in [0.2, 0.25) is 0 Å². The average molecular weight is 252 g/mol. The number of amides is 1. The number of hydrogen-bond acceptors (Lipinski definition) is 2. The minimum absolute atomic E-state index is 0.301. The van der Waals surface area contributed by atoms with Gasteiger partial charge in [0.15, 0.2) is 0 Å². The molecular weight excluding hydrogens is 224 g/mol. The molecule has 1 unspecified atom stereocenters. The summed E-state index contributed by atoms with van der Waals surface area (Å²) in [5.74, 6) is 1.50. The van der Waals surface area contributed by atoms with Gasteiger partial charge in [0.1, 0.15) is 0 Å². The van der Waals surface area contributed by atoms with Crippen molar-refractivity contribution in [2.45, 2.75) is 57.9 Å². The fourth-order valence-electron chi connectivity index (χ4n) is 3.32. The molecule has 1 N–H and O–H groups in total. The molecule has 1 atom stereocenters. The van der Waals surface area contributed by atoms with E-state index < -0.39 is 0 Å². The lowest BCUT2D eigenvalue weighted by Crippen LogP contribution is -2.46. The van der Waals surface area contributed by atoms with Crippen molar-refractivity contribution in [3.05, 3.63) is 0 Å². The van der Waals surface area contributed by atoms with Crippen LogP contribution >= 0.6 is 0 Å². The summed E-state index contributed by atoms with van der Waals surface area (Å²) in [6, 6.07) is 0.523. The number of piperidine rings is 1. The maximum atomic E-state index is 12.4. The molecule has 3 heteroatoms. The highest BCUT2D eigenvalue weighted by atomic mass is 16.2. The molecule has 1 saturated heterocycles. The van der Waals surface area contributed by atoms with Crippen LogP contribution in [0.1, 0.15) is 51.9 Å². The highest BCUT2D eigenvalue weighted by molar-refractivity contribution is 5.78. The Labute approximate surface area is 111 Å². The van der Waals surface area contributed by atoms with Crippen molar-refractivity contribution in [3.8, 4) is 0 Å². The summed E-state index contributed by atoms with van der Waals surface area (Å²) in [6.07, 6.45) is 8.47. The summed E-state index contributed by atoms with van der Waals surface area (Å²) >= 11 is 0. The van der Waals surface area contributed by atoms with Gasteiger partial charge in [0.25, 0.3) is 0 Å². The monoisotopic (exact) mass is 252 g/mol. The number of likely N-dealkylation sites (N-methyl/N-ethyl adjacent to an activating group) is 1. The third-order valence-electron chi connectivity index (χ3n) is 4.65. The number of rotatable bonds is 3. The van der Waals surface area contributed by atoms with Crippen molar-refractivity contribution in [2.75, 3.05) is 20.1 Å². The van der Waals surface area contributed by atoms with Crippen molar-refractivity contribution >= 4 is 5.91 Å². The largest absolute Gasteiger partial charge is 0.344 e. The minimum Gasteiger partial charge on any atom is -0.344 e. The van der Waals surface area contributed by atoms with E-state index in [2.05, 4.69) is 12.2 Å². The van der Waals surface area contributed by atoms with Gasteiger partial charge in [-0.15, -0.1) is 0 Å². The van der Waals surface area contributed by atoms with E-state index in [0.29, 0.717) is 17.9 Å². The minimum atomic E-state index is 0.301. The van der Waals surface area contributed by atoms with E-state index in [1.54, 1.807) is 0 Å². The van der Waals surface area contributed by atoms with Crippen LogP contribution in [-0.4, -0.2) is 37.0 Å². The standard InChI is InChI=1S/C15H28N2O/c1-12-6-8-13(9-7-12)15(18)17(2)11-14-5-3-4-10-16-14/h12-14,16H,3-11H2,1-2H3. The van der Waals surface area contributed by atoms with Gasteiger partial charge in [0.05, 0.1) is 0 Å². The summed E-state index contributed by atoms with van der Waals surface area (Å²) in [6.45, 7) is 4.31. The Kier molecular flexibility index (Phi) is 5.04. The molecule has 0 bridgehead atoms. The van der Waals surface area contributed by atoms with Crippen molar-refractivity contribution in [3.63, 3.8) is 0 Å². The number of nitrogens with zero attached hydrogens (tertiary/aromatic N) is 1. The van der Waals surface area contributed by atoms with Gasteiger partial charge in [0, 0.05) is 25.6 Å². The van der Waals surface area contributed by atoms with Gasteiger partial charge in [-0.3, -0.25) is 4.79 Å². The Morgan fingerprint density at radius 1 is 1.17 bits per heavy atom. The molecule has 0 aromatic rings. The second kappa shape index (κ2) is 6.55. The Bertz CT molecular complexity index is 266. The summed E-state index contributed by atoms with van der Waals surface area (Å²) < 4.78 is 0. The number of carbonyl (C=O) groups is 1. The lowest BCUT2D eigenvalue weighted by atomic mass is 9.82. The second-order valence-corrected chi connectivity index (χ2v) is 6.32. The molecule has 104 valence electrons. The zero-order valence-electron chi connectivity index (χ0n) is 12.0. The number of carbonyl (C=O) groups excluding carboxylic acids is 1. The van der Waals surface area contributed by atoms with Crippen molar-refractivity contribution in [2.24, 2.45) is 11.8 Å². The van der Waals surface area contributed by atoms with Gasteiger partial charge >= 0.3 is 0 Å². The van der Waals surface area contributed by atoms with Crippen LogP contribution in [0.5, 0.6) is 0 Å². The van der Waals surface area contributed by atoms with Crippen molar-refractivity contribution < 1.29 is 4.79 Å². The summed E-state index contributed by atoms with van der Waals surface area (Å²) in [5.41, 5.74) is 0.